The van der Waals surface area contributed by atoms with Gasteiger partial charge in [-0.15, -0.1) is 0 Å². The molecule has 3 rings (SSSR count). The highest BCUT2D eigenvalue weighted by Crippen LogP contribution is 2.29. The molecule has 3 nitrogen and oxygen atoms in total. The molecule has 1 heterocycles. The highest BCUT2D eigenvalue weighted by molar-refractivity contribution is 5.84. The predicted octanol–water partition coefficient (Wildman–Crippen LogP) is 2.66. The van der Waals surface area contributed by atoms with Crippen molar-refractivity contribution in [3.8, 4) is 0 Å². The summed E-state index contributed by atoms with van der Waals surface area (Å²) in [6.45, 7) is 0.874. The minimum absolute atomic E-state index is 0.171. The van der Waals surface area contributed by atoms with E-state index in [1.165, 1.54) is 43.2 Å². The van der Waals surface area contributed by atoms with Crippen LogP contribution in [0.3, 0.4) is 0 Å². The summed E-state index contributed by atoms with van der Waals surface area (Å²) in [7, 11) is 1.89. The number of fused-ring (bicyclic) bond motifs is 1. The third-order valence-electron chi connectivity index (χ3n) is 4.82. The van der Waals surface area contributed by atoms with E-state index in [1.54, 1.807) is 0 Å². The lowest BCUT2D eigenvalue weighted by atomic mass is 9.93. The van der Waals surface area contributed by atoms with Crippen LogP contribution in [0.4, 0.5) is 0 Å². The Kier molecular flexibility index (Phi) is 4.06. The van der Waals surface area contributed by atoms with E-state index in [4.69, 9.17) is 0 Å². The van der Waals surface area contributed by atoms with E-state index >= 15 is 0 Å². The minimum atomic E-state index is -0.171. The molecule has 1 aromatic carbocycles. The first-order valence-corrected chi connectivity index (χ1v) is 7.87. The average Bonchev–Trinajstić information content (AvgIpc) is 2.64. The molecule has 1 amide bonds. The highest BCUT2D eigenvalue weighted by Gasteiger charge is 2.33. The van der Waals surface area contributed by atoms with Crippen LogP contribution in [0.2, 0.25) is 0 Å². The molecule has 1 fully saturated rings. The van der Waals surface area contributed by atoms with E-state index in [2.05, 4.69) is 28.4 Å². The first kappa shape index (κ1) is 13.6. The van der Waals surface area contributed by atoms with Crippen LogP contribution in [0.15, 0.2) is 24.3 Å². The molecule has 3 heteroatoms. The van der Waals surface area contributed by atoms with Crippen molar-refractivity contribution < 1.29 is 4.79 Å². The number of hydrogen-bond acceptors (Lipinski definition) is 2. The van der Waals surface area contributed by atoms with Gasteiger partial charge < -0.3 is 10.2 Å². The molecule has 1 atom stereocenters. The maximum Gasteiger partial charge on any atom is 0.244 e. The Morgan fingerprint density at radius 1 is 1.15 bits per heavy atom. The van der Waals surface area contributed by atoms with Crippen molar-refractivity contribution in [2.45, 2.75) is 50.6 Å². The van der Waals surface area contributed by atoms with Crippen LogP contribution < -0.4 is 5.32 Å². The van der Waals surface area contributed by atoms with Gasteiger partial charge in [0.2, 0.25) is 5.91 Å². The summed E-state index contributed by atoms with van der Waals surface area (Å²) in [6.07, 6.45) is 7.21. The number of nitrogens with zero attached hydrogens (tertiary/aromatic N) is 1. The molecule has 1 aromatic rings. The van der Waals surface area contributed by atoms with Crippen LogP contribution in [0, 0.1) is 0 Å². The van der Waals surface area contributed by atoms with Gasteiger partial charge in [-0.25, -0.2) is 0 Å². The second-order valence-electron chi connectivity index (χ2n) is 5.99. The van der Waals surface area contributed by atoms with Crippen LogP contribution in [0.1, 0.15) is 49.3 Å². The number of rotatable bonds is 2. The third-order valence-corrected chi connectivity index (χ3v) is 4.82. The molecule has 1 unspecified atom stereocenters. The Hall–Kier alpha value is -1.35. The van der Waals surface area contributed by atoms with Gasteiger partial charge in [0.25, 0.3) is 0 Å². The average molecular weight is 272 g/mol. The fraction of sp³-hybridized carbons (Fsp3) is 0.588. The van der Waals surface area contributed by atoms with Gasteiger partial charge in [-0.2, -0.15) is 0 Å². The van der Waals surface area contributed by atoms with E-state index in [1.807, 2.05) is 13.1 Å². The largest absolute Gasteiger partial charge is 0.338 e. The van der Waals surface area contributed by atoms with Crippen molar-refractivity contribution in [3.63, 3.8) is 0 Å². The number of nitrogens with one attached hydrogen (secondary N) is 1. The minimum Gasteiger partial charge on any atom is -0.338 e. The summed E-state index contributed by atoms with van der Waals surface area (Å²) >= 11 is 0. The summed E-state index contributed by atoms with van der Waals surface area (Å²) in [4.78, 5) is 15.1. The standard InChI is InChI=1S/C17H24N2O/c1-18-16-15-10-6-5-7-13(15)11-12-19(17(16)20)14-8-3-2-4-9-14/h5-7,10,14,16,18H,2-4,8-9,11-12H2,1H3. The molecule has 0 bridgehead atoms. The smallest absolute Gasteiger partial charge is 0.244 e. The Labute approximate surface area is 121 Å². The van der Waals surface area contributed by atoms with Gasteiger partial charge in [0, 0.05) is 12.6 Å². The Bertz CT molecular complexity index is 480. The van der Waals surface area contributed by atoms with Crippen LogP contribution >= 0.6 is 0 Å². The molecule has 108 valence electrons. The number of hydrogen-bond donors (Lipinski definition) is 1. The first-order valence-electron chi connectivity index (χ1n) is 7.87. The zero-order valence-electron chi connectivity index (χ0n) is 12.3. The molecule has 2 aliphatic rings. The zero-order chi connectivity index (χ0) is 13.9. The van der Waals surface area contributed by atoms with E-state index in [9.17, 15) is 4.79 Å². The highest BCUT2D eigenvalue weighted by atomic mass is 16.2. The molecule has 20 heavy (non-hydrogen) atoms. The number of likely N-dealkylation sites (N-methyl/N-ethyl adjacent to an activating group) is 1. The molecule has 1 N–H and O–H groups in total. The fourth-order valence-corrected chi connectivity index (χ4v) is 3.73. The van der Waals surface area contributed by atoms with E-state index < -0.39 is 0 Å². The molecule has 0 aromatic heterocycles. The Morgan fingerprint density at radius 2 is 1.90 bits per heavy atom. The molecular formula is C17H24N2O. The Balaban J connectivity index is 1.88. The second kappa shape index (κ2) is 5.96. The summed E-state index contributed by atoms with van der Waals surface area (Å²) in [5, 5.41) is 3.23. The number of carbonyl (C=O) groups excluding carboxylic acids is 1. The van der Waals surface area contributed by atoms with E-state index in [0.717, 1.165) is 13.0 Å². The van der Waals surface area contributed by atoms with Gasteiger partial charge in [-0.05, 0) is 37.4 Å². The van der Waals surface area contributed by atoms with E-state index in [0.29, 0.717) is 6.04 Å². The second-order valence-corrected chi connectivity index (χ2v) is 5.99. The lowest BCUT2D eigenvalue weighted by Crippen LogP contribution is -2.46. The summed E-state index contributed by atoms with van der Waals surface area (Å²) in [5.41, 5.74) is 2.48. The summed E-state index contributed by atoms with van der Waals surface area (Å²) < 4.78 is 0. The quantitative estimate of drug-likeness (QED) is 0.897. The van der Waals surface area contributed by atoms with Gasteiger partial charge in [-0.3, -0.25) is 4.79 Å². The van der Waals surface area contributed by atoms with Crippen molar-refractivity contribution in [1.29, 1.82) is 0 Å². The monoisotopic (exact) mass is 272 g/mol. The fourth-order valence-electron chi connectivity index (χ4n) is 3.73. The van der Waals surface area contributed by atoms with Crippen LogP contribution in [-0.2, 0) is 11.2 Å². The van der Waals surface area contributed by atoms with Crippen LogP contribution in [-0.4, -0.2) is 30.4 Å². The topological polar surface area (TPSA) is 32.3 Å². The van der Waals surface area contributed by atoms with Gasteiger partial charge >= 0.3 is 0 Å². The molecule has 1 aliphatic heterocycles. The van der Waals surface area contributed by atoms with Gasteiger partial charge in [0.15, 0.2) is 0 Å². The molecule has 0 saturated heterocycles. The number of benzene rings is 1. The first-order chi connectivity index (χ1) is 9.81. The van der Waals surface area contributed by atoms with Crippen LogP contribution in [0.25, 0.3) is 0 Å². The van der Waals surface area contributed by atoms with Crippen molar-refractivity contribution >= 4 is 5.91 Å². The lowest BCUT2D eigenvalue weighted by Gasteiger charge is -2.35. The SMILES string of the molecule is CNC1C(=O)N(C2CCCCC2)CCc2ccccc21. The normalized spacial score (nSPS) is 24.4. The van der Waals surface area contributed by atoms with Crippen LogP contribution in [0.5, 0.6) is 0 Å². The molecule has 1 saturated carbocycles. The predicted molar refractivity (Wildman–Crippen MR) is 80.5 cm³/mol. The van der Waals surface area contributed by atoms with Crippen molar-refractivity contribution in [3.05, 3.63) is 35.4 Å². The van der Waals surface area contributed by atoms with Crippen molar-refractivity contribution in [1.82, 2.24) is 10.2 Å². The van der Waals surface area contributed by atoms with E-state index in [-0.39, 0.29) is 11.9 Å². The Morgan fingerprint density at radius 3 is 2.65 bits per heavy atom. The number of amides is 1. The molecule has 0 radical (unpaired) electrons. The maximum absolute atomic E-state index is 12.9. The number of carbonyl (C=O) groups is 1. The summed E-state index contributed by atoms with van der Waals surface area (Å²) in [5.74, 6) is 0.268. The molecule has 0 spiro atoms. The molecular weight excluding hydrogens is 248 g/mol. The molecule has 1 aliphatic carbocycles. The lowest BCUT2D eigenvalue weighted by molar-refractivity contribution is -0.136. The maximum atomic E-state index is 12.9. The van der Waals surface area contributed by atoms with Gasteiger partial charge in [-0.1, -0.05) is 43.5 Å². The van der Waals surface area contributed by atoms with Gasteiger partial charge in [0.1, 0.15) is 6.04 Å². The van der Waals surface area contributed by atoms with Crippen molar-refractivity contribution in [2.75, 3.05) is 13.6 Å². The summed E-state index contributed by atoms with van der Waals surface area (Å²) in [6, 6.07) is 8.66. The zero-order valence-corrected chi connectivity index (χ0v) is 12.3. The van der Waals surface area contributed by atoms with Crippen molar-refractivity contribution in [2.24, 2.45) is 0 Å². The third kappa shape index (κ3) is 2.47. The van der Waals surface area contributed by atoms with Gasteiger partial charge in [0.05, 0.1) is 0 Å².